The lowest BCUT2D eigenvalue weighted by atomic mass is 9.77. The van der Waals surface area contributed by atoms with Gasteiger partial charge in [-0.25, -0.2) is 4.98 Å². The van der Waals surface area contributed by atoms with Gasteiger partial charge in [-0.1, -0.05) is 111 Å². The summed E-state index contributed by atoms with van der Waals surface area (Å²) in [4.78, 5) is 20.6. The molecular weight excluding hydrogens is 621 g/mol. The topological polar surface area (TPSA) is 51.0 Å². The largest absolute Gasteiger partial charge is 0.282 e. The zero-order valence-electron chi connectivity index (χ0n) is 28.3. The molecule has 3 aromatic heterocycles. The Kier molecular flexibility index (Phi) is 5.81. The molecule has 0 bridgehead atoms. The van der Waals surface area contributed by atoms with Crippen molar-refractivity contribution < 1.29 is 0 Å². The zero-order valence-corrected chi connectivity index (χ0v) is 28.3. The molecule has 4 nitrogen and oxygen atoms in total. The fourth-order valence-electron chi connectivity index (χ4n) is 8.94. The predicted molar refractivity (Wildman–Crippen MR) is 209 cm³/mol. The summed E-state index contributed by atoms with van der Waals surface area (Å²) in [6.07, 6.45) is 8.16. The first-order chi connectivity index (χ1) is 25.0. The highest BCUT2D eigenvalue weighted by Crippen LogP contribution is 2.51. The van der Waals surface area contributed by atoms with Crippen LogP contribution in [0.25, 0.3) is 77.2 Å². The van der Waals surface area contributed by atoms with Gasteiger partial charge in [0.25, 0.3) is 0 Å². The molecule has 11 rings (SSSR count). The Labute approximate surface area is 295 Å². The predicted octanol–water partition coefficient (Wildman–Crippen LogP) is 11.4. The number of rotatable bonds is 2. The fourth-order valence-corrected chi connectivity index (χ4v) is 8.94. The molecule has 240 valence electrons. The molecule has 8 aromatic rings. The van der Waals surface area contributed by atoms with Crippen LogP contribution in [0.1, 0.15) is 48.3 Å². The van der Waals surface area contributed by atoms with E-state index in [0.29, 0.717) is 0 Å². The maximum Gasteiger partial charge on any atom is 0.103 e. The van der Waals surface area contributed by atoms with Crippen LogP contribution in [-0.4, -0.2) is 21.2 Å². The lowest BCUT2D eigenvalue weighted by Crippen LogP contribution is -2.18. The number of aromatic nitrogens is 3. The summed E-state index contributed by atoms with van der Waals surface area (Å²) in [5.74, 6) is 0.196. The van der Waals surface area contributed by atoms with Gasteiger partial charge in [0.15, 0.2) is 0 Å². The number of pyridine rings is 3. The lowest BCUT2D eigenvalue weighted by Gasteiger charge is -2.32. The summed E-state index contributed by atoms with van der Waals surface area (Å²) in [5, 5.41) is 6.00. The minimum atomic E-state index is -0.163. The molecule has 5 aromatic carbocycles. The number of aliphatic imine (C=N–C) groups is 1. The first-order valence-corrected chi connectivity index (χ1v) is 17.7. The number of hydrogen-bond donors (Lipinski definition) is 0. The van der Waals surface area contributed by atoms with Crippen LogP contribution in [0.4, 0.5) is 0 Å². The first-order valence-electron chi connectivity index (χ1n) is 17.7. The quantitative estimate of drug-likeness (QED) is 0.175. The molecule has 0 amide bonds. The van der Waals surface area contributed by atoms with Crippen LogP contribution in [0.15, 0.2) is 145 Å². The summed E-state index contributed by atoms with van der Waals surface area (Å²) in [6.45, 7) is 4.59. The molecule has 4 heteroatoms. The number of benzene rings is 5. The van der Waals surface area contributed by atoms with Crippen LogP contribution >= 0.6 is 0 Å². The van der Waals surface area contributed by atoms with Crippen molar-refractivity contribution in [3.8, 4) is 44.8 Å². The summed E-state index contributed by atoms with van der Waals surface area (Å²) in [7, 11) is 0. The lowest BCUT2D eigenvalue weighted by molar-refractivity contribution is 0.620. The molecular formula is C47H32N4. The standard InChI is InChI=1S/C47H32N4/c1-47(2)40-16-8-7-14-33(40)39-25-38-32-13-6-5-12-31(32)37-24-27(17-19-36(37)43(38)51-46(39)47)41-21-18-28(26-49-41)42-22-20-35-30-11-4-3-10-29(30)34-15-9-23-48-44(34)45(35)50-42/h3-26,34,44H,1-2H3. The Balaban J connectivity index is 1.01. The maximum absolute atomic E-state index is 5.48. The van der Waals surface area contributed by atoms with E-state index in [1.165, 1.54) is 49.4 Å². The SMILES string of the molecule is CC1(C)c2ccccc2-c2cc3c4ccccc4c4cc(-c5ccc(-c6ccc7c(n6)C6N=CC=CC6c6ccccc6-7)cn5)ccc4c3nc21. The minimum Gasteiger partial charge on any atom is -0.282 e. The van der Waals surface area contributed by atoms with Crippen molar-refractivity contribution >= 4 is 38.7 Å². The summed E-state index contributed by atoms with van der Waals surface area (Å²) >= 11 is 0. The number of hydrogen-bond acceptors (Lipinski definition) is 4. The Morgan fingerprint density at radius 1 is 0.569 bits per heavy atom. The zero-order chi connectivity index (χ0) is 33.8. The van der Waals surface area contributed by atoms with E-state index in [0.717, 1.165) is 50.4 Å². The van der Waals surface area contributed by atoms with Gasteiger partial charge in [-0.05, 0) is 74.8 Å². The second kappa shape index (κ2) is 10.4. The highest BCUT2D eigenvalue weighted by atomic mass is 14.9. The molecule has 0 N–H and O–H groups in total. The summed E-state index contributed by atoms with van der Waals surface area (Å²) in [5.41, 5.74) is 14.6. The molecule has 1 aliphatic heterocycles. The van der Waals surface area contributed by atoms with E-state index in [1.807, 2.05) is 12.4 Å². The Morgan fingerprint density at radius 2 is 1.33 bits per heavy atom. The van der Waals surface area contributed by atoms with E-state index in [-0.39, 0.29) is 17.4 Å². The normalized spacial score (nSPS) is 17.6. The molecule has 0 spiro atoms. The van der Waals surface area contributed by atoms with Gasteiger partial charge >= 0.3 is 0 Å². The molecule has 2 unspecified atom stereocenters. The molecule has 0 fully saturated rings. The summed E-state index contributed by atoms with van der Waals surface area (Å²) in [6, 6.07) is 43.8. The van der Waals surface area contributed by atoms with E-state index in [9.17, 15) is 0 Å². The van der Waals surface area contributed by atoms with Gasteiger partial charge in [0, 0.05) is 56.8 Å². The van der Waals surface area contributed by atoms with Crippen molar-refractivity contribution in [1.29, 1.82) is 0 Å². The molecule has 2 atom stereocenters. The number of fused-ring (bicyclic) bond motifs is 15. The Bertz CT molecular complexity index is 2840. The van der Waals surface area contributed by atoms with Crippen molar-refractivity contribution in [2.24, 2.45) is 4.99 Å². The van der Waals surface area contributed by atoms with Gasteiger partial charge in [0.2, 0.25) is 0 Å². The van der Waals surface area contributed by atoms with Crippen LogP contribution in [0.2, 0.25) is 0 Å². The third-order valence-corrected chi connectivity index (χ3v) is 11.4. The molecule has 2 aliphatic carbocycles. The van der Waals surface area contributed by atoms with Crippen LogP contribution in [0.5, 0.6) is 0 Å². The molecule has 0 saturated heterocycles. The monoisotopic (exact) mass is 652 g/mol. The van der Waals surface area contributed by atoms with E-state index in [4.69, 9.17) is 19.9 Å². The second-order valence-corrected chi connectivity index (χ2v) is 14.6. The van der Waals surface area contributed by atoms with Gasteiger partial charge in [0.05, 0.1) is 28.3 Å². The molecule has 51 heavy (non-hydrogen) atoms. The van der Waals surface area contributed by atoms with Gasteiger partial charge in [-0.2, -0.15) is 0 Å². The first kappa shape index (κ1) is 28.6. The number of allylic oxidation sites excluding steroid dienone is 1. The van der Waals surface area contributed by atoms with Crippen molar-refractivity contribution in [3.63, 3.8) is 0 Å². The smallest absolute Gasteiger partial charge is 0.103 e. The fraction of sp³-hybridized carbons (Fsp3) is 0.106. The van der Waals surface area contributed by atoms with Gasteiger partial charge in [0.1, 0.15) is 6.04 Å². The number of nitrogens with zero attached hydrogens (tertiary/aromatic N) is 4. The Morgan fingerprint density at radius 3 is 2.20 bits per heavy atom. The highest BCUT2D eigenvalue weighted by Gasteiger charge is 2.37. The van der Waals surface area contributed by atoms with E-state index < -0.39 is 0 Å². The van der Waals surface area contributed by atoms with Gasteiger partial charge < -0.3 is 0 Å². The van der Waals surface area contributed by atoms with Gasteiger partial charge in [-0.15, -0.1) is 0 Å². The minimum absolute atomic E-state index is 0.0208. The van der Waals surface area contributed by atoms with Crippen molar-refractivity contribution in [3.05, 3.63) is 162 Å². The highest BCUT2D eigenvalue weighted by molar-refractivity contribution is 6.25. The van der Waals surface area contributed by atoms with Crippen LogP contribution in [0, 0.1) is 0 Å². The van der Waals surface area contributed by atoms with Crippen molar-refractivity contribution in [2.45, 2.75) is 31.2 Å². The number of dihydropyridines is 1. The molecule has 0 saturated carbocycles. The van der Waals surface area contributed by atoms with Gasteiger partial charge in [-0.3, -0.25) is 15.0 Å². The average molecular weight is 653 g/mol. The third-order valence-electron chi connectivity index (χ3n) is 11.4. The molecule has 0 radical (unpaired) electrons. The maximum atomic E-state index is 5.48. The van der Waals surface area contributed by atoms with E-state index >= 15 is 0 Å². The average Bonchev–Trinajstić information content (AvgIpc) is 3.42. The van der Waals surface area contributed by atoms with Crippen LogP contribution < -0.4 is 0 Å². The molecule has 4 heterocycles. The Hall–Kier alpha value is -6.26. The van der Waals surface area contributed by atoms with E-state index in [1.54, 1.807) is 0 Å². The third kappa shape index (κ3) is 4.02. The van der Waals surface area contributed by atoms with Crippen molar-refractivity contribution in [1.82, 2.24) is 15.0 Å². The van der Waals surface area contributed by atoms with Crippen LogP contribution in [-0.2, 0) is 5.41 Å². The summed E-state index contributed by atoms with van der Waals surface area (Å²) < 4.78 is 0. The van der Waals surface area contributed by atoms with Crippen LogP contribution in [0.3, 0.4) is 0 Å². The molecule has 3 aliphatic rings. The van der Waals surface area contributed by atoms with E-state index in [2.05, 4.69) is 147 Å². The second-order valence-electron chi connectivity index (χ2n) is 14.6. The van der Waals surface area contributed by atoms with Crippen molar-refractivity contribution in [2.75, 3.05) is 0 Å².